The highest BCUT2D eigenvalue weighted by atomic mass is 32.1. The monoisotopic (exact) mass is 225 g/mol. The van der Waals surface area contributed by atoms with Crippen molar-refractivity contribution in [1.82, 2.24) is 0 Å². The van der Waals surface area contributed by atoms with Gasteiger partial charge in [-0.15, -0.1) is 11.3 Å². The summed E-state index contributed by atoms with van der Waals surface area (Å²) in [5, 5.41) is 0.657. The summed E-state index contributed by atoms with van der Waals surface area (Å²) < 4.78 is 5.35. The molecule has 1 aliphatic heterocycles. The highest BCUT2D eigenvalue weighted by molar-refractivity contribution is 7.16. The quantitative estimate of drug-likeness (QED) is 0.785. The number of carbonyl (C=O) groups is 1. The summed E-state index contributed by atoms with van der Waals surface area (Å²) >= 11 is 1.49. The number of rotatable bonds is 2. The zero-order valence-corrected chi connectivity index (χ0v) is 9.82. The Labute approximate surface area is 93.2 Å². The fourth-order valence-electron chi connectivity index (χ4n) is 1.81. The van der Waals surface area contributed by atoms with E-state index in [0.29, 0.717) is 18.2 Å². The number of nitrogens with two attached hydrogens (primary N) is 1. The van der Waals surface area contributed by atoms with Gasteiger partial charge in [0.2, 0.25) is 0 Å². The van der Waals surface area contributed by atoms with Crippen LogP contribution in [0.5, 0.6) is 0 Å². The number of ketones is 1. The molecule has 2 rings (SSSR count). The Morgan fingerprint density at radius 1 is 1.53 bits per heavy atom. The minimum atomic E-state index is 0.00819. The van der Waals surface area contributed by atoms with Gasteiger partial charge in [-0.1, -0.05) is 13.8 Å². The molecule has 0 amide bonds. The summed E-state index contributed by atoms with van der Waals surface area (Å²) in [5.41, 5.74) is 7.79. The fourth-order valence-corrected chi connectivity index (χ4v) is 2.87. The van der Waals surface area contributed by atoms with Crippen LogP contribution in [0.15, 0.2) is 0 Å². The molecule has 0 atom stereocenters. The number of fused-ring (bicyclic) bond motifs is 1. The van der Waals surface area contributed by atoms with Crippen LogP contribution in [0.3, 0.4) is 0 Å². The van der Waals surface area contributed by atoms with Crippen LogP contribution in [-0.4, -0.2) is 12.4 Å². The van der Waals surface area contributed by atoms with E-state index in [1.165, 1.54) is 11.3 Å². The Kier molecular flexibility index (Phi) is 2.80. The van der Waals surface area contributed by atoms with Crippen molar-refractivity contribution in [3.63, 3.8) is 0 Å². The lowest BCUT2D eigenvalue weighted by atomic mass is 9.96. The Morgan fingerprint density at radius 2 is 2.27 bits per heavy atom. The zero-order valence-electron chi connectivity index (χ0n) is 9.00. The van der Waals surface area contributed by atoms with E-state index in [4.69, 9.17) is 10.5 Å². The van der Waals surface area contributed by atoms with Crippen LogP contribution in [0.25, 0.3) is 0 Å². The fraction of sp³-hybridized carbons (Fsp3) is 0.545. The van der Waals surface area contributed by atoms with Gasteiger partial charge >= 0.3 is 0 Å². The molecule has 1 aromatic rings. The maximum Gasteiger partial charge on any atom is 0.168 e. The lowest BCUT2D eigenvalue weighted by Crippen LogP contribution is -2.15. The van der Waals surface area contributed by atoms with Crippen LogP contribution in [0, 0.1) is 5.92 Å². The highest BCUT2D eigenvalue weighted by Crippen LogP contribution is 2.35. The summed E-state index contributed by atoms with van der Waals surface area (Å²) in [6.07, 6.45) is 0.816. The molecule has 1 aromatic heterocycles. The van der Waals surface area contributed by atoms with Crippen molar-refractivity contribution in [1.29, 1.82) is 0 Å². The number of anilines is 1. The van der Waals surface area contributed by atoms with Crippen molar-refractivity contribution in [3.05, 3.63) is 16.0 Å². The van der Waals surface area contributed by atoms with Crippen molar-refractivity contribution in [2.75, 3.05) is 12.3 Å². The first kappa shape index (κ1) is 10.6. The third-order valence-electron chi connectivity index (χ3n) is 2.62. The SMILES string of the molecule is CC(C)C(=O)c1c(N)sc2c1CCOC2. The van der Waals surface area contributed by atoms with Crippen molar-refractivity contribution < 1.29 is 9.53 Å². The number of nitrogen functional groups attached to an aromatic ring is 1. The number of hydrogen-bond acceptors (Lipinski definition) is 4. The number of ether oxygens (including phenoxy) is 1. The normalized spacial score (nSPS) is 15.4. The molecule has 0 saturated carbocycles. The van der Waals surface area contributed by atoms with Gasteiger partial charge in [-0.05, 0) is 12.0 Å². The predicted molar refractivity (Wildman–Crippen MR) is 61.3 cm³/mol. The molecule has 0 fully saturated rings. The molecule has 0 saturated heterocycles. The summed E-state index contributed by atoms with van der Waals surface area (Å²) in [4.78, 5) is 13.1. The molecule has 3 nitrogen and oxygen atoms in total. The molecule has 0 radical (unpaired) electrons. The van der Waals surface area contributed by atoms with Crippen LogP contribution < -0.4 is 5.73 Å². The van der Waals surface area contributed by atoms with Crippen molar-refractivity contribution in [2.24, 2.45) is 5.92 Å². The van der Waals surface area contributed by atoms with Gasteiger partial charge in [-0.2, -0.15) is 0 Å². The second-order valence-electron chi connectivity index (χ2n) is 4.06. The molecule has 0 spiro atoms. The van der Waals surface area contributed by atoms with Crippen LogP contribution in [0.4, 0.5) is 5.00 Å². The van der Waals surface area contributed by atoms with E-state index < -0.39 is 0 Å². The van der Waals surface area contributed by atoms with Gasteiger partial charge in [0.15, 0.2) is 5.78 Å². The van der Waals surface area contributed by atoms with Crippen LogP contribution >= 0.6 is 11.3 Å². The standard InChI is InChI=1S/C11H15NO2S/c1-6(2)10(13)9-7-3-4-14-5-8(7)15-11(9)12/h6H,3-5,12H2,1-2H3. The van der Waals surface area contributed by atoms with E-state index in [0.717, 1.165) is 22.4 Å². The number of hydrogen-bond donors (Lipinski definition) is 1. The molecular formula is C11H15NO2S. The maximum atomic E-state index is 12.0. The Hall–Kier alpha value is -0.870. The largest absolute Gasteiger partial charge is 0.390 e. The molecular weight excluding hydrogens is 210 g/mol. The average molecular weight is 225 g/mol. The third-order valence-corrected chi connectivity index (χ3v) is 3.65. The molecule has 4 heteroatoms. The molecule has 0 bridgehead atoms. The Balaban J connectivity index is 2.46. The van der Waals surface area contributed by atoms with Gasteiger partial charge in [-0.3, -0.25) is 4.79 Å². The first-order valence-corrected chi connectivity index (χ1v) is 5.95. The van der Waals surface area contributed by atoms with Gasteiger partial charge in [0.05, 0.1) is 23.8 Å². The van der Waals surface area contributed by atoms with Crippen molar-refractivity contribution in [3.8, 4) is 0 Å². The minimum absolute atomic E-state index is 0.00819. The van der Waals surface area contributed by atoms with Crippen molar-refractivity contribution in [2.45, 2.75) is 26.9 Å². The Morgan fingerprint density at radius 3 is 2.93 bits per heavy atom. The number of carbonyl (C=O) groups excluding carboxylic acids is 1. The summed E-state index contributed by atoms with van der Waals surface area (Å²) in [6, 6.07) is 0. The molecule has 0 unspecified atom stereocenters. The summed E-state index contributed by atoms with van der Waals surface area (Å²) in [5.74, 6) is 0.167. The average Bonchev–Trinajstić information content (AvgIpc) is 2.52. The van der Waals surface area contributed by atoms with Crippen LogP contribution in [0.1, 0.15) is 34.6 Å². The lowest BCUT2D eigenvalue weighted by Gasteiger charge is -2.13. The van der Waals surface area contributed by atoms with E-state index in [1.54, 1.807) is 0 Å². The van der Waals surface area contributed by atoms with Gasteiger partial charge in [0.25, 0.3) is 0 Å². The smallest absolute Gasteiger partial charge is 0.168 e. The third kappa shape index (κ3) is 1.79. The number of Topliss-reactive ketones (excluding diaryl/α,β-unsaturated/α-hetero) is 1. The molecule has 15 heavy (non-hydrogen) atoms. The Bertz CT molecular complexity index is 396. The first-order valence-electron chi connectivity index (χ1n) is 5.13. The predicted octanol–water partition coefficient (Wildman–Crippen LogP) is 2.24. The molecule has 0 aromatic carbocycles. The minimum Gasteiger partial charge on any atom is -0.390 e. The second kappa shape index (κ2) is 3.94. The highest BCUT2D eigenvalue weighted by Gasteiger charge is 2.25. The number of thiophene rings is 1. The van der Waals surface area contributed by atoms with E-state index >= 15 is 0 Å². The zero-order chi connectivity index (χ0) is 11.0. The second-order valence-corrected chi connectivity index (χ2v) is 5.20. The van der Waals surface area contributed by atoms with E-state index in [-0.39, 0.29) is 11.7 Å². The molecule has 0 aliphatic carbocycles. The molecule has 1 aliphatic rings. The van der Waals surface area contributed by atoms with Crippen molar-refractivity contribution >= 4 is 22.1 Å². The molecule has 2 heterocycles. The topological polar surface area (TPSA) is 52.3 Å². The van der Waals surface area contributed by atoms with Gasteiger partial charge < -0.3 is 10.5 Å². The van der Waals surface area contributed by atoms with E-state index in [9.17, 15) is 4.79 Å². The maximum absolute atomic E-state index is 12.0. The van der Waals surface area contributed by atoms with E-state index in [1.807, 2.05) is 13.8 Å². The van der Waals surface area contributed by atoms with Gasteiger partial charge in [-0.25, -0.2) is 0 Å². The van der Waals surface area contributed by atoms with E-state index in [2.05, 4.69) is 0 Å². The molecule has 82 valence electrons. The summed E-state index contributed by atoms with van der Waals surface area (Å²) in [6.45, 7) is 5.12. The van der Waals surface area contributed by atoms with Gasteiger partial charge in [0, 0.05) is 10.8 Å². The lowest BCUT2D eigenvalue weighted by molar-refractivity contribution is 0.0932. The van der Waals surface area contributed by atoms with Crippen LogP contribution in [-0.2, 0) is 17.8 Å². The first-order chi connectivity index (χ1) is 7.11. The van der Waals surface area contributed by atoms with Gasteiger partial charge in [0.1, 0.15) is 0 Å². The molecule has 2 N–H and O–H groups in total. The summed E-state index contributed by atoms with van der Waals surface area (Å²) in [7, 11) is 0. The van der Waals surface area contributed by atoms with Crippen LogP contribution in [0.2, 0.25) is 0 Å².